The number of aromatic nitrogens is 2. The summed E-state index contributed by atoms with van der Waals surface area (Å²) >= 11 is 0. The van der Waals surface area contributed by atoms with E-state index in [2.05, 4.69) is 32.0 Å². The molecule has 0 radical (unpaired) electrons. The normalized spacial score (nSPS) is 14.2. The summed E-state index contributed by atoms with van der Waals surface area (Å²) in [6.45, 7) is 8.52. The summed E-state index contributed by atoms with van der Waals surface area (Å²) < 4.78 is 5.48. The van der Waals surface area contributed by atoms with Crippen molar-refractivity contribution in [2.75, 3.05) is 30.8 Å². The maximum Gasteiger partial charge on any atom is 0.410 e. The molecule has 1 aromatic carbocycles. The number of rotatable bonds is 5. The van der Waals surface area contributed by atoms with Gasteiger partial charge in [0.15, 0.2) is 5.82 Å². The average Bonchev–Trinajstić information content (AvgIpc) is 2.82. The number of nitrogens with one attached hydrogen (secondary N) is 3. The van der Waals surface area contributed by atoms with E-state index in [1.807, 2.05) is 59.0 Å². The summed E-state index contributed by atoms with van der Waals surface area (Å²) in [4.78, 5) is 34.6. The lowest BCUT2D eigenvalue weighted by atomic mass is 9.96. The third kappa shape index (κ3) is 6.57. The Morgan fingerprint density at radius 2 is 2.00 bits per heavy atom. The van der Waals surface area contributed by atoms with E-state index in [1.54, 1.807) is 4.90 Å². The van der Waals surface area contributed by atoms with Gasteiger partial charge in [0, 0.05) is 49.5 Å². The Hall–Kier alpha value is -3.88. The smallest absolute Gasteiger partial charge is 0.410 e. The van der Waals surface area contributed by atoms with E-state index >= 15 is 0 Å². The Labute approximate surface area is 200 Å². The van der Waals surface area contributed by atoms with Gasteiger partial charge in [-0.3, -0.25) is 10.3 Å². The van der Waals surface area contributed by atoms with Crippen LogP contribution < -0.4 is 16.0 Å². The predicted molar refractivity (Wildman–Crippen MR) is 134 cm³/mol. The van der Waals surface area contributed by atoms with Crippen molar-refractivity contribution in [3.63, 3.8) is 0 Å². The average molecular weight is 465 g/mol. The molecule has 2 heterocycles. The van der Waals surface area contributed by atoms with Gasteiger partial charge in [0.1, 0.15) is 5.60 Å². The highest BCUT2D eigenvalue weighted by Crippen LogP contribution is 2.30. The van der Waals surface area contributed by atoms with E-state index in [-0.39, 0.29) is 6.09 Å². The van der Waals surface area contributed by atoms with E-state index in [1.165, 1.54) is 18.6 Å². The van der Waals surface area contributed by atoms with Gasteiger partial charge in [-0.25, -0.2) is 14.6 Å². The fraction of sp³-hybridized carbons (Fsp3) is 0.360. The first-order chi connectivity index (χ1) is 16.2. The van der Waals surface area contributed by atoms with E-state index < -0.39 is 11.6 Å². The van der Waals surface area contributed by atoms with Crippen molar-refractivity contribution in [1.29, 1.82) is 0 Å². The summed E-state index contributed by atoms with van der Waals surface area (Å²) in [6, 6.07) is 5.65. The highest BCUT2D eigenvalue weighted by Gasteiger charge is 2.24. The Balaban J connectivity index is 1.76. The molecule has 1 aromatic heterocycles. The molecule has 0 aliphatic carbocycles. The lowest BCUT2D eigenvalue weighted by Crippen LogP contribution is -2.39. The number of urea groups is 1. The quantitative estimate of drug-likeness (QED) is 0.591. The highest BCUT2D eigenvalue weighted by atomic mass is 16.6. The number of anilines is 2. The van der Waals surface area contributed by atoms with Crippen molar-refractivity contribution >= 4 is 34.9 Å². The summed E-state index contributed by atoms with van der Waals surface area (Å²) in [5.74, 6) is 0.361. The fourth-order valence-corrected chi connectivity index (χ4v) is 3.54. The molecule has 3 amide bonds. The van der Waals surface area contributed by atoms with Crippen molar-refractivity contribution in [3.05, 3.63) is 60.1 Å². The van der Waals surface area contributed by atoms with Crippen molar-refractivity contribution in [2.24, 2.45) is 0 Å². The Morgan fingerprint density at radius 1 is 1.21 bits per heavy atom. The molecule has 1 aliphatic heterocycles. The molecule has 9 nitrogen and oxygen atoms in total. The number of allylic oxidation sites excluding steroid dienone is 1. The van der Waals surface area contributed by atoms with Crippen LogP contribution in [0, 0.1) is 0 Å². The SMILES string of the molecule is C/C=C(/NC(=O)Nc1cnccn1)c1cc(C2=CCN(C(=O)OC(C)(C)C)CC2)ccc1NC. The molecule has 1 aliphatic rings. The van der Waals surface area contributed by atoms with Crippen molar-refractivity contribution in [1.82, 2.24) is 20.2 Å². The van der Waals surface area contributed by atoms with E-state index in [9.17, 15) is 9.59 Å². The molecule has 0 unspecified atom stereocenters. The number of nitrogens with zero attached hydrogens (tertiary/aromatic N) is 3. The maximum absolute atomic E-state index is 12.5. The second-order valence-corrected chi connectivity index (χ2v) is 8.79. The molecular weight excluding hydrogens is 432 g/mol. The monoisotopic (exact) mass is 464 g/mol. The molecule has 0 bridgehead atoms. The van der Waals surface area contributed by atoms with Gasteiger partial charge in [0.2, 0.25) is 0 Å². The van der Waals surface area contributed by atoms with Gasteiger partial charge >= 0.3 is 12.1 Å². The maximum atomic E-state index is 12.5. The number of hydrogen-bond donors (Lipinski definition) is 3. The van der Waals surface area contributed by atoms with Crippen molar-refractivity contribution in [3.8, 4) is 0 Å². The zero-order chi connectivity index (χ0) is 24.7. The number of carbonyl (C=O) groups excluding carboxylic acids is 2. The molecule has 0 atom stereocenters. The molecule has 3 N–H and O–H groups in total. The Bertz CT molecular complexity index is 1090. The summed E-state index contributed by atoms with van der Waals surface area (Å²) in [5, 5.41) is 8.76. The van der Waals surface area contributed by atoms with Crippen molar-refractivity contribution < 1.29 is 14.3 Å². The molecule has 0 fully saturated rings. The van der Waals surface area contributed by atoms with Crippen LogP contribution in [0.4, 0.5) is 21.1 Å². The second kappa shape index (κ2) is 10.8. The largest absolute Gasteiger partial charge is 0.444 e. The second-order valence-electron chi connectivity index (χ2n) is 8.79. The third-order valence-corrected chi connectivity index (χ3v) is 5.15. The minimum Gasteiger partial charge on any atom is -0.444 e. The van der Waals surface area contributed by atoms with Gasteiger partial charge in [-0.2, -0.15) is 0 Å². The van der Waals surface area contributed by atoms with Crippen LogP contribution in [0.3, 0.4) is 0 Å². The lowest BCUT2D eigenvalue weighted by molar-refractivity contribution is 0.0270. The number of benzene rings is 1. The molecule has 0 saturated carbocycles. The van der Waals surface area contributed by atoms with E-state index in [0.29, 0.717) is 31.0 Å². The van der Waals surface area contributed by atoms with Crippen LogP contribution >= 0.6 is 0 Å². The number of ether oxygens (including phenoxy) is 1. The lowest BCUT2D eigenvalue weighted by Gasteiger charge is -2.29. The number of carbonyl (C=O) groups is 2. The first-order valence-corrected chi connectivity index (χ1v) is 11.2. The predicted octanol–water partition coefficient (Wildman–Crippen LogP) is 4.73. The minimum atomic E-state index is -0.520. The van der Waals surface area contributed by atoms with Crippen LogP contribution in [0.1, 0.15) is 45.2 Å². The molecule has 0 spiro atoms. The fourth-order valence-electron chi connectivity index (χ4n) is 3.54. The van der Waals surface area contributed by atoms with Gasteiger partial charge in [-0.1, -0.05) is 18.2 Å². The number of amides is 3. The van der Waals surface area contributed by atoms with Crippen LogP contribution in [-0.2, 0) is 4.74 Å². The van der Waals surface area contributed by atoms with Gasteiger partial charge in [0.05, 0.1) is 6.20 Å². The van der Waals surface area contributed by atoms with Crippen LogP contribution in [-0.4, -0.2) is 52.7 Å². The van der Waals surface area contributed by atoms with Gasteiger partial charge < -0.3 is 20.3 Å². The molecule has 34 heavy (non-hydrogen) atoms. The molecule has 0 saturated heterocycles. The zero-order valence-corrected chi connectivity index (χ0v) is 20.3. The van der Waals surface area contributed by atoms with Gasteiger partial charge in [-0.15, -0.1) is 0 Å². The van der Waals surface area contributed by atoms with Crippen LogP contribution in [0.15, 0.2) is 48.9 Å². The molecular formula is C25H32N6O3. The summed E-state index contributed by atoms with van der Waals surface area (Å²) in [5.41, 5.74) is 4.04. The first kappa shape index (κ1) is 24.8. The third-order valence-electron chi connectivity index (χ3n) is 5.15. The standard InChI is InChI=1S/C25H32N6O3/c1-6-20(29-23(32)30-22-16-27-11-12-28-22)19-15-18(7-8-21(19)26-5)17-9-13-31(14-10-17)24(33)34-25(2,3)4/h6-9,11-12,15-16,26H,10,13-14H2,1-5H3,(H2,28,29,30,32)/b20-6+. The topological polar surface area (TPSA) is 108 Å². The Kier molecular flexibility index (Phi) is 7.88. The first-order valence-electron chi connectivity index (χ1n) is 11.2. The minimum absolute atomic E-state index is 0.302. The molecule has 180 valence electrons. The Morgan fingerprint density at radius 3 is 2.59 bits per heavy atom. The summed E-state index contributed by atoms with van der Waals surface area (Å²) in [6.07, 6.45) is 8.83. The zero-order valence-electron chi connectivity index (χ0n) is 20.3. The molecule has 9 heteroatoms. The van der Waals surface area contributed by atoms with Gasteiger partial charge in [0.25, 0.3) is 0 Å². The highest BCUT2D eigenvalue weighted by molar-refractivity contribution is 5.96. The van der Waals surface area contributed by atoms with E-state index in [4.69, 9.17) is 4.74 Å². The van der Waals surface area contributed by atoms with Crippen LogP contribution in [0.5, 0.6) is 0 Å². The van der Waals surface area contributed by atoms with Crippen LogP contribution in [0.25, 0.3) is 11.3 Å². The summed E-state index contributed by atoms with van der Waals surface area (Å²) in [7, 11) is 1.84. The van der Waals surface area contributed by atoms with Crippen LogP contribution in [0.2, 0.25) is 0 Å². The van der Waals surface area contributed by atoms with Crippen molar-refractivity contribution in [2.45, 2.75) is 39.7 Å². The van der Waals surface area contributed by atoms with E-state index in [0.717, 1.165) is 22.4 Å². The molecule has 2 aromatic rings. The van der Waals surface area contributed by atoms with Gasteiger partial charge in [-0.05, 0) is 57.4 Å². The molecule has 3 rings (SSSR count). The number of hydrogen-bond acceptors (Lipinski definition) is 6.